The van der Waals surface area contributed by atoms with Crippen molar-refractivity contribution in [2.75, 3.05) is 33.2 Å². The monoisotopic (exact) mass is 371 g/mol. The third-order valence-corrected chi connectivity index (χ3v) is 4.95. The van der Waals surface area contributed by atoms with E-state index < -0.39 is 0 Å². The molecule has 7 heteroatoms. The van der Waals surface area contributed by atoms with Gasteiger partial charge in [-0.1, -0.05) is 31.1 Å². The van der Waals surface area contributed by atoms with E-state index >= 15 is 0 Å². The molecule has 1 aromatic heterocycles. The molecular weight excluding hydrogens is 342 g/mol. The van der Waals surface area contributed by atoms with Crippen LogP contribution in [0.1, 0.15) is 60.4 Å². The standard InChI is InChI=1S/C20H29N5O2/c1-14(2)18-22-19(27-23-18)15(3)21-13-16-5-7-17(8-6-16)20(26)25-11-9-24(4)10-12-25/h5-8,14-15,21H,9-13H2,1-4H3. The van der Waals surface area contributed by atoms with Crippen LogP contribution in [0.4, 0.5) is 0 Å². The molecule has 1 fully saturated rings. The average molecular weight is 371 g/mol. The normalized spacial score (nSPS) is 16.7. The van der Waals surface area contributed by atoms with Gasteiger partial charge in [-0.05, 0) is 31.7 Å². The van der Waals surface area contributed by atoms with Gasteiger partial charge in [0.1, 0.15) is 0 Å². The maximum Gasteiger partial charge on any atom is 0.253 e. The summed E-state index contributed by atoms with van der Waals surface area (Å²) in [5.74, 6) is 1.69. The maximum atomic E-state index is 12.6. The van der Waals surface area contributed by atoms with Gasteiger partial charge < -0.3 is 19.6 Å². The van der Waals surface area contributed by atoms with Gasteiger partial charge in [-0.3, -0.25) is 4.79 Å². The smallest absolute Gasteiger partial charge is 0.253 e. The second kappa shape index (κ2) is 8.63. The number of amides is 1. The Balaban J connectivity index is 1.53. The molecule has 0 radical (unpaired) electrons. The molecule has 3 rings (SSSR count). The van der Waals surface area contributed by atoms with Gasteiger partial charge >= 0.3 is 0 Å². The van der Waals surface area contributed by atoms with Crippen molar-refractivity contribution in [3.63, 3.8) is 0 Å². The molecule has 27 heavy (non-hydrogen) atoms. The largest absolute Gasteiger partial charge is 0.338 e. The highest BCUT2D eigenvalue weighted by atomic mass is 16.5. The zero-order valence-corrected chi connectivity index (χ0v) is 16.6. The lowest BCUT2D eigenvalue weighted by Crippen LogP contribution is -2.47. The van der Waals surface area contributed by atoms with Crippen LogP contribution >= 0.6 is 0 Å². The molecule has 1 unspecified atom stereocenters. The van der Waals surface area contributed by atoms with Gasteiger partial charge in [-0.15, -0.1) is 0 Å². The Morgan fingerprint density at radius 1 is 1.15 bits per heavy atom. The van der Waals surface area contributed by atoms with Crippen molar-refractivity contribution < 1.29 is 9.32 Å². The molecule has 1 aromatic carbocycles. The zero-order valence-electron chi connectivity index (χ0n) is 16.6. The first kappa shape index (κ1) is 19.5. The second-order valence-corrected chi connectivity index (χ2v) is 7.54. The van der Waals surface area contributed by atoms with Crippen LogP contribution in [-0.4, -0.2) is 59.1 Å². The van der Waals surface area contributed by atoms with Crippen LogP contribution in [0, 0.1) is 0 Å². The van der Waals surface area contributed by atoms with Crippen molar-refractivity contribution in [1.82, 2.24) is 25.3 Å². The SMILES string of the molecule is CC(C)c1noc(C(C)NCc2ccc(C(=O)N3CCN(C)CC3)cc2)n1. The topological polar surface area (TPSA) is 74.5 Å². The summed E-state index contributed by atoms with van der Waals surface area (Å²) >= 11 is 0. The van der Waals surface area contributed by atoms with Gasteiger partial charge in [0.15, 0.2) is 5.82 Å². The maximum absolute atomic E-state index is 12.6. The number of benzene rings is 1. The summed E-state index contributed by atoms with van der Waals surface area (Å²) in [5, 5.41) is 7.39. The van der Waals surface area contributed by atoms with Crippen LogP contribution in [-0.2, 0) is 6.54 Å². The predicted octanol–water partition coefficient (Wildman–Crippen LogP) is 2.43. The van der Waals surface area contributed by atoms with Crippen molar-refractivity contribution in [3.05, 3.63) is 47.1 Å². The molecule has 1 N–H and O–H groups in total. The fourth-order valence-corrected chi connectivity index (χ4v) is 2.97. The van der Waals surface area contributed by atoms with Gasteiger partial charge in [0.05, 0.1) is 6.04 Å². The molecule has 1 aliphatic heterocycles. The molecule has 1 atom stereocenters. The number of likely N-dealkylation sites (N-methyl/N-ethyl adjacent to an activating group) is 1. The third-order valence-electron chi connectivity index (χ3n) is 4.95. The van der Waals surface area contributed by atoms with Crippen molar-refractivity contribution in [3.8, 4) is 0 Å². The number of piperazine rings is 1. The fraction of sp³-hybridized carbons (Fsp3) is 0.550. The summed E-state index contributed by atoms with van der Waals surface area (Å²) in [6, 6.07) is 7.78. The van der Waals surface area contributed by atoms with Gasteiger partial charge in [0.25, 0.3) is 5.91 Å². The van der Waals surface area contributed by atoms with E-state index in [0.717, 1.165) is 43.1 Å². The van der Waals surface area contributed by atoms with Gasteiger partial charge in [-0.2, -0.15) is 4.98 Å². The minimum Gasteiger partial charge on any atom is -0.338 e. The van der Waals surface area contributed by atoms with E-state index in [9.17, 15) is 4.79 Å². The molecule has 2 heterocycles. The molecule has 0 saturated carbocycles. The molecule has 1 aliphatic rings. The highest BCUT2D eigenvalue weighted by Crippen LogP contribution is 2.16. The van der Waals surface area contributed by atoms with Crippen LogP contribution in [0.3, 0.4) is 0 Å². The van der Waals surface area contributed by atoms with E-state index in [1.54, 1.807) is 0 Å². The minimum absolute atomic E-state index is 0.0309. The van der Waals surface area contributed by atoms with E-state index in [0.29, 0.717) is 12.4 Å². The van der Waals surface area contributed by atoms with E-state index in [2.05, 4.69) is 27.4 Å². The quantitative estimate of drug-likeness (QED) is 0.841. The Morgan fingerprint density at radius 2 is 1.81 bits per heavy atom. The number of hydrogen-bond acceptors (Lipinski definition) is 6. The molecule has 0 spiro atoms. The summed E-state index contributed by atoms with van der Waals surface area (Å²) in [6.07, 6.45) is 0. The van der Waals surface area contributed by atoms with E-state index in [1.807, 2.05) is 49.9 Å². The summed E-state index contributed by atoms with van der Waals surface area (Å²) < 4.78 is 5.32. The minimum atomic E-state index is -0.0309. The molecule has 1 amide bonds. The molecule has 146 valence electrons. The first-order valence-electron chi connectivity index (χ1n) is 9.57. The number of rotatable bonds is 6. The Bertz CT molecular complexity index is 748. The van der Waals surface area contributed by atoms with E-state index in [1.165, 1.54) is 0 Å². The lowest BCUT2D eigenvalue weighted by atomic mass is 10.1. The van der Waals surface area contributed by atoms with E-state index in [4.69, 9.17) is 4.52 Å². The highest BCUT2D eigenvalue weighted by molar-refractivity contribution is 5.94. The second-order valence-electron chi connectivity index (χ2n) is 7.54. The van der Waals surface area contributed by atoms with Crippen molar-refractivity contribution in [2.45, 2.75) is 39.3 Å². The van der Waals surface area contributed by atoms with Gasteiger partial charge in [0.2, 0.25) is 5.89 Å². The Morgan fingerprint density at radius 3 is 2.41 bits per heavy atom. The van der Waals surface area contributed by atoms with Crippen LogP contribution in [0.2, 0.25) is 0 Å². The Kier molecular flexibility index (Phi) is 6.23. The first-order chi connectivity index (χ1) is 12.9. The van der Waals surface area contributed by atoms with Gasteiger partial charge in [-0.25, -0.2) is 0 Å². The Labute approximate surface area is 160 Å². The van der Waals surface area contributed by atoms with E-state index in [-0.39, 0.29) is 17.9 Å². The van der Waals surface area contributed by atoms with Crippen molar-refractivity contribution in [2.24, 2.45) is 0 Å². The zero-order chi connectivity index (χ0) is 19.4. The fourth-order valence-electron chi connectivity index (χ4n) is 2.97. The summed E-state index contributed by atoms with van der Waals surface area (Å²) in [6.45, 7) is 10.2. The highest BCUT2D eigenvalue weighted by Gasteiger charge is 2.20. The number of carbonyl (C=O) groups excluding carboxylic acids is 1. The number of carbonyl (C=O) groups is 1. The summed E-state index contributed by atoms with van der Waals surface area (Å²) in [7, 11) is 2.09. The molecular formula is C20H29N5O2. The van der Waals surface area contributed by atoms with Crippen LogP contribution in [0.5, 0.6) is 0 Å². The molecule has 7 nitrogen and oxygen atoms in total. The molecule has 0 aliphatic carbocycles. The average Bonchev–Trinajstić information content (AvgIpc) is 3.17. The number of nitrogens with one attached hydrogen (secondary N) is 1. The van der Waals surface area contributed by atoms with Gasteiger partial charge in [0, 0.05) is 44.2 Å². The van der Waals surface area contributed by atoms with Crippen molar-refractivity contribution in [1.29, 1.82) is 0 Å². The first-order valence-corrected chi connectivity index (χ1v) is 9.57. The van der Waals surface area contributed by atoms with Crippen LogP contribution in [0.25, 0.3) is 0 Å². The molecule has 2 aromatic rings. The third kappa shape index (κ3) is 4.93. The molecule has 1 saturated heterocycles. The lowest BCUT2D eigenvalue weighted by molar-refractivity contribution is 0.0664. The predicted molar refractivity (Wildman–Crippen MR) is 103 cm³/mol. The number of nitrogens with zero attached hydrogens (tertiary/aromatic N) is 4. The molecule has 0 bridgehead atoms. The van der Waals surface area contributed by atoms with Crippen LogP contribution < -0.4 is 5.32 Å². The number of hydrogen-bond donors (Lipinski definition) is 1. The van der Waals surface area contributed by atoms with Crippen molar-refractivity contribution >= 4 is 5.91 Å². The van der Waals surface area contributed by atoms with Crippen LogP contribution in [0.15, 0.2) is 28.8 Å². The Hall–Kier alpha value is -2.25. The number of aromatic nitrogens is 2. The lowest BCUT2D eigenvalue weighted by Gasteiger charge is -2.32. The summed E-state index contributed by atoms with van der Waals surface area (Å²) in [5.41, 5.74) is 1.86. The summed E-state index contributed by atoms with van der Waals surface area (Å²) in [4.78, 5) is 21.2.